The van der Waals surface area contributed by atoms with Crippen LogP contribution in [0.3, 0.4) is 0 Å². The topological polar surface area (TPSA) is 86.6 Å². The van der Waals surface area contributed by atoms with Crippen LogP contribution in [0.2, 0.25) is 0 Å². The molecule has 0 aromatic rings. The van der Waals surface area contributed by atoms with Crippen LogP contribution in [0, 0.1) is 12.3 Å². The summed E-state index contributed by atoms with van der Waals surface area (Å²) >= 11 is 0. The lowest BCUT2D eigenvalue weighted by Gasteiger charge is -2.11. The first-order chi connectivity index (χ1) is 6.57. The number of aliphatic carboxylic acids is 2. The lowest BCUT2D eigenvalue weighted by atomic mass is 10.1. The van der Waals surface area contributed by atoms with Crippen LogP contribution in [-0.2, 0) is 9.59 Å². The molecule has 0 aromatic heterocycles. The van der Waals surface area contributed by atoms with Gasteiger partial charge in [0.15, 0.2) is 0 Å². The van der Waals surface area contributed by atoms with Crippen molar-refractivity contribution in [1.29, 1.82) is 0 Å². The number of carboxylic acids is 2. The van der Waals surface area contributed by atoms with E-state index in [-0.39, 0.29) is 12.8 Å². The number of terminal acetylenes is 1. The van der Waals surface area contributed by atoms with Gasteiger partial charge < -0.3 is 15.5 Å². The van der Waals surface area contributed by atoms with Crippen molar-refractivity contribution in [2.45, 2.75) is 25.3 Å². The van der Waals surface area contributed by atoms with Gasteiger partial charge in [0, 0.05) is 19.4 Å². The zero-order chi connectivity index (χ0) is 11.0. The maximum Gasteiger partial charge on any atom is 0.320 e. The van der Waals surface area contributed by atoms with Crippen LogP contribution in [0.5, 0.6) is 0 Å². The molecule has 0 aliphatic heterocycles. The average Bonchev–Trinajstić information content (AvgIpc) is 2.10. The Labute approximate surface area is 82.1 Å². The van der Waals surface area contributed by atoms with E-state index < -0.39 is 18.0 Å². The fraction of sp³-hybridized carbons (Fsp3) is 0.556. The maximum atomic E-state index is 10.6. The summed E-state index contributed by atoms with van der Waals surface area (Å²) in [5.74, 6) is 0.298. The molecule has 0 aliphatic rings. The van der Waals surface area contributed by atoms with Gasteiger partial charge in [-0.05, 0) is 6.42 Å². The second-order valence-electron chi connectivity index (χ2n) is 2.73. The predicted molar refractivity (Wildman–Crippen MR) is 49.7 cm³/mol. The first kappa shape index (κ1) is 12.5. The van der Waals surface area contributed by atoms with Crippen LogP contribution in [0.4, 0.5) is 0 Å². The van der Waals surface area contributed by atoms with E-state index in [4.69, 9.17) is 16.6 Å². The van der Waals surface area contributed by atoms with E-state index in [0.29, 0.717) is 13.0 Å². The SMILES string of the molecule is C#CCCN[C@@H](CCC(=O)O)C(=O)O. The highest BCUT2D eigenvalue weighted by molar-refractivity contribution is 5.75. The monoisotopic (exact) mass is 199 g/mol. The lowest BCUT2D eigenvalue weighted by molar-refractivity contribution is -0.140. The molecule has 5 nitrogen and oxygen atoms in total. The number of carboxylic acid groups (broad SMARTS) is 2. The molecular weight excluding hydrogens is 186 g/mol. The van der Waals surface area contributed by atoms with Gasteiger partial charge >= 0.3 is 11.9 Å². The van der Waals surface area contributed by atoms with Gasteiger partial charge in [0.1, 0.15) is 6.04 Å². The summed E-state index contributed by atoms with van der Waals surface area (Å²) in [7, 11) is 0. The summed E-state index contributed by atoms with van der Waals surface area (Å²) in [5, 5.41) is 19.7. The molecule has 0 rings (SSSR count). The highest BCUT2D eigenvalue weighted by Gasteiger charge is 2.17. The van der Waals surface area contributed by atoms with Crippen LogP contribution in [0.25, 0.3) is 0 Å². The average molecular weight is 199 g/mol. The fourth-order valence-electron chi connectivity index (χ4n) is 0.899. The van der Waals surface area contributed by atoms with Gasteiger partial charge in [0.2, 0.25) is 0 Å². The molecule has 0 aromatic carbocycles. The Bertz CT molecular complexity index is 244. The molecule has 0 unspecified atom stereocenters. The summed E-state index contributed by atoms with van der Waals surface area (Å²) in [6.45, 7) is 0.382. The van der Waals surface area contributed by atoms with Crippen LogP contribution < -0.4 is 5.32 Å². The second kappa shape index (κ2) is 6.92. The largest absolute Gasteiger partial charge is 0.481 e. The smallest absolute Gasteiger partial charge is 0.320 e. The molecule has 0 heterocycles. The first-order valence-electron chi connectivity index (χ1n) is 4.19. The van der Waals surface area contributed by atoms with E-state index in [0.717, 1.165) is 0 Å². The Balaban J connectivity index is 3.85. The minimum absolute atomic E-state index is 0.0647. The van der Waals surface area contributed by atoms with Gasteiger partial charge in [-0.2, -0.15) is 0 Å². The molecule has 1 atom stereocenters. The lowest BCUT2D eigenvalue weighted by Crippen LogP contribution is -2.37. The van der Waals surface area contributed by atoms with Gasteiger partial charge in [-0.25, -0.2) is 0 Å². The summed E-state index contributed by atoms with van der Waals surface area (Å²) in [6.07, 6.45) is 5.31. The van der Waals surface area contributed by atoms with Gasteiger partial charge in [-0.1, -0.05) is 0 Å². The van der Waals surface area contributed by atoms with E-state index in [1.807, 2.05) is 0 Å². The van der Waals surface area contributed by atoms with E-state index in [1.165, 1.54) is 0 Å². The molecule has 14 heavy (non-hydrogen) atoms. The summed E-state index contributed by atoms with van der Waals surface area (Å²) in [4.78, 5) is 20.8. The zero-order valence-electron chi connectivity index (χ0n) is 7.69. The van der Waals surface area contributed by atoms with Crippen molar-refractivity contribution in [1.82, 2.24) is 5.32 Å². The normalized spacial score (nSPS) is 11.6. The van der Waals surface area contributed by atoms with Crippen molar-refractivity contribution in [2.75, 3.05) is 6.54 Å². The standard InChI is InChI=1S/C9H13NO4/c1-2-3-6-10-7(9(13)14)4-5-8(11)12/h1,7,10H,3-6H2,(H,11,12)(H,13,14)/t7-/m0/s1. The maximum absolute atomic E-state index is 10.6. The number of nitrogens with one attached hydrogen (secondary N) is 1. The molecule has 0 spiro atoms. The van der Waals surface area contributed by atoms with Gasteiger partial charge in [0.25, 0.3) is 0 Å². The fourth-order valence-corrected chi connectivity index (χ4v) is 0.899. The molecular formula is C9H13NO4. The third-order valence-electron chi connectivity index (χ3n) is 1.61. The van der Waals surface area contributed by atoms with Crippen LogP contribution in [0.15, 0.2) is 0 Å². The molecule has 0 fully saturated rings. The minimum atomic E-state index is -1.05. The second-order valence-corrected chi connectivity index (χ2v) is 2.73. The first-order valence-corrected chi connectivity index (χ1v) is 4.19. The third-order valence-corrected chi connectivity index (χ3v) is 1.61. The van der Waals surface area contributed by atoms with Crippen LogP contribution >= 0.6 is 0 Å². The van der Waals surface area contributed by atoms with Gasteiger partial charge in [-0.15, -0.1) is 12.3 Å². The Kier molecular flexibility index (Phi) is 6.16. The number of rotatable bonds is 7. The molecule has 0 radical (unpaired) electrons. The Morgan fingerprint density at radius 1 is 1.43 bits per heavy atom. The quantitative estimate of drug-likeness (QED) is 0.394. The van der Waals surface area contributed by atoms with Crippen LogP contribution in [-0.4, -0.2) is 34.7 Å². The third kappa shape index (κ3) is 6.03. The van der Waals surface area contributed by atoms with Crippen molar-refractivity contribution in [2.24, 2.45) is 0 Å². The van der Waals surface area contributed by atoms with E-state index >= 15 is 0 Å². The Morgan fingerprint density at radius 2 is 2.07 bits per heavy atom. The minimum Gasteiger partial charge on any atom is -0.481 e. The molecule has 0 saturated carbocycles. The van der Waals surface area contributed by atoms with E-state index in [1.54, 1.807) is 0 Å². The summed E-state index contributed by atoms with van der Waals surface area (Å²) in [5.41, 5.74) is 0. The highest BCUT2D eigenvalue weighted by atomic mass is 16.4. The molecule has 5 heteroatoms. The van der Waals surface area contributed by atoms with Crippen molar-refractivity contribution in [3.8, 4) is 12.3 Å². The molecule has 0 amide bonds. The molecule has 0 aliphatic carbocycles. The summed E-state index contributed by atoms with van der Waals surface area (Å²) in [6, 6.07) is -0.834. The Morgan fingerprint density at radius 3 is 2.50 bits per heavy atom. The highest BCUT2D eigenvalue weighted by Crippen LogP contribution is 1.97. The number of carbonyl (C=O) groups is 2. The number of hydrogen-bond donors (Lipinski definition) is 3. The van der Waals surface area contributed by atoms with Crippen molar-refractivity contribution in [3.05, 3.63) is 0 Å². The van der Waals surface area contributed by atoms with Crippen molar-refractivity contribution in [3.63, 3.8) is 0 Å². The summed E-state index contributed by atoms with van der Waals surface area (Å²) < 4.78 is 0. The van der Waals surface area contributed by atoms with Crippen molar-refractivity contribution >= 4 is 11.9 Å². The molecule has 3 N–H and O–H groups in total. The van der Waals surface area contributed by atoms with E-state index in [9.17, 15) is 9.59 Å². The molecule has 0 saturated heterocycles. The molecule has 78 valence electrons. The van der Waals surface area contributed by atoms with E-state index in [2.05, 4.69) is 11.2 Å². The zero-order valence-corrected chi connectivity index (χ0v) is 7.69. The molecule has 0 bridgehead atoms. The van der Waals surface area contributed by atoms with Gasteiger partial charge in [0.05, 0.1) is 0 Å². The predicted octanol–water partition coefficient (Wildman–Crippen LogP) is -0.0827. The number of hydrogen-bond acceptors (Lipinski definition) is 3. The van der Waals surface area contributed by atoms with Crippen LogP contribution in [0.1, 0.15) is 19.3 Å². The van der Waals surface area contributed by atoms with Crippen molar-refractivity contribution < 1.29 is 19.8 Å². The Hall–Kier alpha value is -1.54. The van der Waals surface area contributed by atoms with Gasteiger partial charge in [-0.3, -0.25) is 9.59 Å².